The molecule has 3 rings (SSSR count). The molecule has 0 saturated carbocycles. The Morgan fingerprint density at radius 3 is 2.56 bits per heavy atom. The summed E-state index contributed by atoms with van der Waals surface area (Å²) in [6.07, 6.45) is -0.392. The highest BCUT2D eigenvalue weighted by molar-refractivity contribution is 9.10. The van der Waals surface area contributed by atoms with E-state index in [1.807, 2.05) is 12.1 Å². The molecule has 8 nitrogen and oxygen atoms in total. The Balaban J connectivity index is 1.68. The summed E-state index contributed by atoms with van der Waals surface area (Å²) in [6, 6.07) is 12.5. The lowest BCUT2D eigenvalue weighted by Gasteiger charge is -2.15. The van der Waals surface area contributed by atoms with Crippen molar-refractivity contribution in [2.24, 2.45) is 0 Å². The van der Waals surface area contributed by atoms with Crippen LogP contribution < -0.4 is 25.1 Å². The number of nitrogens with zero attached hydrogens (tertiary/aromatic N) is 1. The van der Waals surface area contributed by atoms with Crippen LogP contribution in [0.3, 0.4) is 0 Å². The number of ether oxygens (including phenoxy) is 3. The molecule has 0 aliphatic heterocycles. The maximum absolute atomic E-state index is 12.0. The number of nitrogens with one attached hydrogen (secondary N) is 2. The van der Waals surface area contributed by atoms with E-state index in [-0.39, 0.29) is 17.0 Å². The molecule has 170 valence electrons. The topological polar surface area (TPSA) is 106 Å². The van der Waals surface area contributed by atoms with E-state index < -0.39 is 11.7 Å². The van der Waals surface area contributed by atoms with E-state index in [4.69, 9.17) is 25.8 Å². The van der Waals surface area contributed by atoms with Crippen molar-refractivity contribution < 1.29 is 19.3 Å². The number of aliphatic hydroxyl groups is 1. The molecule has 0 spiro atoms. The monoisotopic (exact) mass is 523 g/mol. The van der Waals surface area contributed by atoms with Crippen LogP contribution in [-0.2, 0) is 6.54 Å². The van der Waals surface area contributed by atoms with Gasteiger partial charge in [-0.25, -0.2) is 5.10 Å². The number of methoxy groups -OCH3 is 2. The standard InChI is InChI=1S/C22H23BrClN3O5/c1-30-17-8-3-13(11-18(17)31-2)12-25-20-19(23)21(29)26-27-22(20)32-10-9-16(28)14-4-6-15(24)7-5-14/h3-8,11,16,28H,9-10,12H2,1-2H3,(H2,25,26,29). The molecule has 32 heavy (non-hydrogen) atoms. The van der Waals surface area contributed by atoms with Crippen molar-refractivity contribution in [1.82, 2.24) is 10.2 Å². The molecule has 0 fully saturated rings. The van der Waals surface area contributed by atoms with Gasteiger partial charge in [0.05, 0.1) is 26.9 Å². The third-order valence-electron chi connectivity index (χ3n) is 4.69. The summed E-state index contributed by atoms with van der Waals surface area (Å²) < 4.78 is 16.6. The van der Waals surface area contributed by atoms with Crippen LogP contribution in [0.5, 0.6) is 17.4 Å². The predicted octanol–water partition coefficient (Wildman–Crippen LogP) is 4.32. The van der Waals surface area contributed by atoms with Gasteiger partial charge >= 0.3 is 0 Å². The van der Waals surface area contributed by atoms with Crippen molar-refractivity contribution in [2.45, 2.75) is 19.1 Å². The van der Waals surface area contributed by atoms with Gasteiger partial charge in [-0.15, -0.1) is 5.10 Å². The van der Waals surface area contributed by atoms with Crippen LogP contribution in [0, 0.1) is 0 Å². The van der Waals surface area contributed by atoms with Gasteiger partial charge in [0.1, 0.15) is 10.2 Å². The Kier molecular flexibility index (Phi) is 8.38. The molecule has 10 heteroatoms. The van der Waals surface area contributed by atoms with Crippen LogP contribution in [0.15, 0.2) is 51.7 Å². The second-order valence-corrected chi connectivity index (χ2v) is 8.02. The number of aromatic amines is 1. The molecule has 0 amide bonds. The van der Waals surface area contributed by atoms with E-state index in [2.05, 4.69) is 31.4 Å². The van der Waals surface area contributed by atoms with E-state index in [1.54, 1.807) is 44.6 Å². The zero-order chi connectivity index (χ0) is 23.1. The Bertz CT molecular complexity index is 1110. The molecule has 0 radical (unpaired) electrons. The van der Waals surface area contributed by atoms with E-state index in [1.165, 1.54) is 0 Å². The maximum Gasteiger partial charge on any atom is 0.280 e. The number of benzene rings is 2. The van der Waals surface area contributed by atoms with Crippen molar-refractivity contribution in [1.29, 1.82) is 0 Å². The zero-order valence-electron chi connectivity index (χ0n) is 17.5. The molecule has 2 aromatic carbocycles. The summed E-state index contributed by atoms with van der Waals surface area (Å²) in [7, 11) is 3.14. The first-order valence-corrected chi connectivity index (χ1v) is 10.9. The summed E-state index contributed by atoms with van der Waals surface area (Å²) in [5.74, 6) is 1.43. The highest BCUT2D eigenvalue weighted by atomic mass is 79.9. The molecule has 0 aliphatic rings. The first kappa shape index (κ1) is 23.9. The third kappa shape index (κ3) is 5.93. The van der Waals surface area contributed by atoms with Crippen molar-refractivity contribution >= 4 is 33.2 Å². The highest BCUT2D eigenvalue weighted by Crippen LogP contribution is 2.31. The Morgan fingerprint density at radius 2 is 1.88 bits per heavy atom. The summed E-state index contributed by atoms with van der Waals surface area (Å²) in [6.45, 7) is 0.564. The van der Waals surface area contributed by atoms with Crippen LogP contribution in [-0.4, -0.2) is 36.1 Å². The van der Waals surface area contributed by atoms with Gasteiger partial charge in [-0.05, 0) is 51.3 Å². The summed E-state index contributed by atoms with van der Waals surface area (Å²) in [4.78, 5) is 12.0. The molecule has 1 atom stereocenters. The fourth-order valence-corrected chi connectivity index (χ4v) is 3.50. The predicted molar refractivity (Wildman–Crippen MR) is 126 cm³/mol. The number of aromatic nitrogens is 2. The molecule has 0 bridgehead atoms. The Labute approximate surface area is 198 Å². The third-order valence-corrected chi connectivity index (χ3v) is 5.70. The normalized spacial score (nSPS) is 11.7. The molecule has 1 unspecified atom stereocenters. The quantitative estimate of drug-likeness (QED) is 0.363. The average molecular weight is 525 g/mol. The van der Waals surface area contributed by atoms with E-state index in [0.29, 0.717) is 35.2 Å². The fraction of sp³-hybridized carbons (Fsp3) is 0.273. The molecule has 3 aromatic rings. The van der Waals surface area contributed by atoms with Crippen LogP contribution in [0.25, 0.3) is 0 Å². The minimum Gasteiger partial charge on any atom is -0.493 e. The Morgan fingerprint density at radius 1 is 1.16 bits per heavy atom. The molecular weight excluding hydrogens is 502 g/mol. The lowest BCUT2D eigenvalue weighted by Crippen LogP contribution is -2.16. The van der Waals surface area contributed by atoms with E-state index in [9.17, 15) is 9.90 Å². The highest BCUT2D eigenvalue weighted by Gasteiger charge is 2.15. The summed E-state index contributed by atoms with van der Waals surface area (Å²) >= 11 is 9.17. The molecular formula is C22H23BrClN3O5. The van der Waals surface area contributed by atoms with Gasteiger partial charge in [-0.2, -0.15) is 0 Å². The number of hydrogen-bond donors (Lipinski definition) is 3. The van der Waals surface area contributed by atoms with Crippen molar-refractivity contribution in [2.75, 3.05) is 26.1 Å². The van der Waals surface area contributed by atoms with Gasteiger partial charge < -0.3 is 24.6 Å². The number of H-pyrrole nitrogens is 1. The maximum atomic E-state index is 12.0. The number of hydrogen-bond acceptors (Lipinski definition) is 7. The van der Waals surface area contributed by atoms with E-state index >= 15 is 0 Å². The van der Waals surface area contributed by atoms with Gasteiger partial charge in [0.15, 0.2) is 11.5 Å². The van der Waals surface area contributed by atoms with Gasteiger partial charge in [0.25, 0.3) is 11.4 Å². The number of rotatable bonds is 10. The number of halogens is 2. The second kappa shape index (κ2) is 11.2. The average Bonchev–Trinajstić information content (AvgIpc) is 2.81. The van der Waals surface area contributed by atoms with Crippen molar-refractivity contribution in [3.8, 4) is 17.4 Å². The zero-order valence-corrected chi connectivity index (χ0v) is 19.9. The molecule has 0 aliphatic carbocycles. The fourth-order valence-electron chi connectivity index (χ4n) is 2.97. The molecule has 3 N–H and O–H groups in total. The SMILES string of the molecule is COc1ccc(CNc2c(OCCC(O)c3ccc(Cl)cc3)n[nH]c(=O)c2Br)cc1OC. The van der Waals surface area contributed by atoms with E-state index in [0.717, 1.165) is 11.1 Å². The second-order valence-electron chi connectivity index (χ2n) is 6.79. The van der Waals surface area contributed by atoms with Crippen LogP contribution in [0.2, 0.25) is 5.02 Å². The van der Waals surface area contributed by atoms with Crippen molar-refractivity contribution in [3.63, 3.8) is 0 Å². The number of anilines is 1. The van der Waals surface area contributed by atoms with Gasteiger partial charge in [0, 0.05) is 18.0 Å². The van der Waals surface area contributed by atoms with Crippen LogP contribution >= 0.6 is 27.5 Å². The summed E-state index contributed by atoms with van der Waals surface area (Å²) in [5, 5.41) is 20.5. The lowest BCUT2D eigenvalue weighted by molar-refractivity contribution is 0.139. The lowest BCUT2D eigenvalue weighted by atomic mass is 10.1. The first-order chi connectivity index (χ1) is 15.4. The number of aliphatic hydroxyl groups excluding tert-OH is 1. The summed E-state index contributed by atoms with van der Waals surface area (Å²) in [5.41, 5.74) is 1.65. The minimum absolute atomic E-state index is 0.181. The minimum atomic E-state index is -0.721. The molecule has 0 saturated heterocycles. The largest absolute Gasteiger partial charge is 0.493 e. The van der Waals surface area contributed by atoms with Crippen molar-refractivity contribution in [3.05, 3.63) is 73.4 Å². The van der Waals surface area contributed by atoms with Gasteiger partial charge in [-0.1, -0.05) is 29.8 Å². The van der Waals surface area contributed by atoms with Crippen LogP contribution in [0.4, 0.5) is 5.69 Å². The Hall–Kier alpha value is -2.75. The molecule has 1 heterocycles. The first-order valence-electron chi connectivity index (χ1n) is 9.72. The van der Waals surface area contributed by atoms with Gasteiger partial charge in [-0.3, -0.25) is 4.79 Å². The molecule has 1 aromatic heterocycles. The smallest absolute Gasteiger partial charge is 0.280 e. The van der Waals surface area contributed by atoms with Gasteiger partial charge in [0.2, 0.25) is 0 Å². The van der Waals surface area contributed by atoms with Crippen LogP contribution in [0.1, 0.15) is 23.7 Å².